The fraction of sp³-hybridized carbons (Fsp3) is 0. The van der Waals surface area contributed by atoms with Crippen molar-refractivity contribution in [1.29, 1.82) is 0 Å². The first-order valence-corrected chi connectivity index (χ1v) is 8.30. The predicted molar refractivity (Wildman–Crippen MR) is 85.3 cm³/mol. The highest BCUT2D eigenvalue weighted by Gasteiger charge is 2.22. The van der Waals surface area contributed by atoms with Crippen LogP contribution < -0.4 is 0 Å². The number of fused-ring (bicyclic) bond motifs is 1. The Morgan fingerprint density at radius 2 is 1.78 bits per heavy atom. The number of hydrogen-bond donors (Lipinski definition) is 0. The first-order chi connectivity index (χ1) is 10.9. The van der Waals surface area contributed by atoms with E-state index in [-0.39, 0.29) is 26.1 Å². The van der Waals surface area contributed by atoms with Crippen molar-refractivity contribution in [3.63, 3.8) is 0 Å². The minimum Gasteiger partial charge on any atom is -0.258 e. The van der Waals surface area contributed by atoms with Crippen molar-refractivity contribution in [3.8, 4) is 0 Å². The fourth-order valence-corrected chi connectivity index (χ4v) is 3.66. The molecule has 0 spiro atoms. The molecule has 0 unspecified atom stereocenters. The molecule has 0 saturated heterocycles. The number of pyridine rings is 1. The van der Waals surface area contributed by atoms with Crippen LogP contribution in [0.1, 0.15) is 0 Å². The van der Waals surface area contributed by atoms with Gasteiger partial charge in [-0.05, 0) is 30.3 Å². The first kappa shape index (κ1) is 15.4. The third-order valence-electron chi connectivity index (χ3n) is 3.25. The summed E-state index contributed by atoms with van der Waals surface area (Å²) < 4.78 is 25.2. The quantitative estimate of drug-likeness (QED) is 0.532. The SMILES string of the molecule is O=[N+]([O-])c1cccc2ccc(S(=O)(=O)c3cccc(Cl)c3)nc12. The summed E-state index contributed by atoms with van der Waals surface area (Å²) in [7, 11) is -3.91. The molecule has 23 heavy (non-hydrogen) atoms. The second kappa shape index (κ2) is 5.60. The van der Waals surface area contributed by atoms with Gasteiger partial charge in [-0.25, -0.2) is 13.4 Å². The number of aromatic nitrogens is 1. The van der Waals surface area contributed by atoms with Gasteiger partial charge in [-0.3, -0.25) is 10.1 Å². The van der Waals surface area contributed by atoms with E-state index in [1.807, 2.05) is 0 Å². The molecule has 0 fully saturated rings. The van der Waals surface area contributed by atoms with Gasteiger partial charge < -0.3 is 0 Å². The van der Waals surface area contributed by atoms with E-state index < -0.39 is 14.8 Å². The highest BCUT2D eigenvalue weighted by atomic mass is 35.5. The molecule has 0 aliphatic carbocycles. The van der Waals surface area contributed by atoms with Crippen LogP contribution in [0.3, 0.4) is 0 Å². The van der Waals surface area contributed by atoms with Crippen molar-refractivity contribution in [1.82, 2.24) is 4.98 Å². The molecule has 0 amide bonds. The zero-order valence-corrected chi connectivity index (χ0v) is 13.1. The Bertz CT molecular complexity index is 1030. The van der Waals surface area contributed by atoms with Crippen LogP contribution in [0.4, 0.5) is 5.69 Å². The van der Waals surface area contributed by atoms with E-state index in [9.17, 15) is 18.5 Å². The second-order valence-electron chi connectivity index (χ2n) is 4.72. The first-order valence-electron chi connectivity index (χ1n) is 6.44. The fourth-order valence-electron chi connectivity index (χ4n) is 2.17. The molecule has 1 heterocycles. The van der Waals surface area contributed by atoms with Gasteiger partial charge in [0.25, 0.3) is 5.69 Å². The number of rotatable bonds is 3. The molecule has 0 aliphatic heterocycles. The Morgan fingerprint density at radius 3 is 2.48 bits per heavy atom. The molecular weight excluding hydrogens is 340 g/mol. The van der Waals surface area contributed by atoms with E-state index in [0.717, 1.165) is 0 Å². The van der Waals surface area contributed by atoms with Crippen molar-refractivity contribution < 1.29 is 13.3 Å². The third kappa shape index (κ3) is 2.76. The van der Waals surface area contributed by atoms with Crippen LogP contribution in [-0.2, 0) is 9.84 Å². The summed E-state index contributed by atoms with van der Waals surface area (Å²) in [5, 5.41) is 11.6. The zero-order valence-electron chi connectivity index (χ0n) is 11.5. The van der Waals surface area contributed by atoms with E-state index in [2.05, 4.69) is 4.98 Å². The normalized spacial score (nSPS) is 11.5. The molecule has 6 nitrogen and oxygen atoms in total. The molecule has 0 radical (unpaired) electrons. The molecule has 3 rings (SSSR count). The van der Waals surface area contributed by atoms with E-state index in [1.54, 1.807) is 12.1 Å². The maximum Gasteiger partial charge on any atom is 0.295 e. The Kier molecular flexibility index (Phi) is 3.75. The Morgan fingerprint density at radius 1 is 1.04 bits per heavy atom. The van der Waals surface area contributed by atoms with Gasteiger partial charge in [-0.1, -0.05) is 29.8 Å². The number of sulfone groups is 1. The molecule has 0 bridgehead atoms. The van der Waals surface area contributed by atoms with Gasteiger partial charge in [0, 0.05) is 16.5 Å². The average molecular weight is 349 g/mol. The molecule has 0 N–H and O–H groups in total. The summed E-state index contributed by atoms with van der Waals surface area (Å²) >= 11 is 5.83. The Labute approximate surface area is 136 Å². The van der Waals surface area contributed by atoms with Gasteiger partial charge in [-0.15, -0.1) is 0 Å². The van der Waals surface area contributed by atoms with E-state index in [0.29, 0.717) is 5.39 Å². The summed E-state index contributed by atoms with van der Waals surface area (Å²) in [6.45, 7) is 0. The van der Waals surface area contributed by atoms with Crippen molar-refractivity contribution in [2.45, 2.75) is 9.92 Å². The summed E-state index contributed by atoms with van der Waals surface area (Å²) in [6, 6.07) is 13.0. The molecule has 0 saturated carbocycles. The smallest absolute Gasteiger partial charge is 0.258 e. The average Bonchev–Trinajstić information content (AvgIpc) is 2.53. The van der Waals surface area contributed by atoms with Gasteiger partial charge >= 0.3 is 0 Å². The number of non-ortho nitro benzene ring substituents is 1. The van der Waals surface area contributed by atoms with Gasteiger partial charge in [0.05, 0.1) is 9.82 Å². The van der Waals surface area contributed by atoms with Crippen molar-refractivity contribution >= 4 is 38.0 Å². The van der Waals surface area contributed by atoms with Crippen LogP contribution in [0.5, 0.6) is 0 Å². The van der Waals surface area contributed by atoms with Crippen molar-refractivity contribution in [2.24, 2.45) is 0 Å². The number of nitrogens with zero attached hydrogens (tertiary/aromatic N) is 2. The minimum atomic E-state index is -3.91. The lowest BCUT2D eigenvalue weighted by molar-refractivity contribution is -0.383. The molecule has 8 heteroatoms. The van der Waals surface area contributed by atoms with Crippen molar-refractivity contribution in [3.05, 3.63) is 69.7 Å². The van der Waals surface area contributed by atoms with E-state index in [1.165, 1.54) is 42.5 Å². The highest BCUT2D eigenvalue weighted by Crippen LogP contribution is 2.27. The van der Waals surface area contributed by atoms with Crippen LogP contribution in [0.25, 0.3) is 10.9 Å². The number of halogens is 1. The molecule has 3 aromatic rings. The Balaban J connectivity index is 2.24. The summed E-state index contributed by atoms with van der Waals surface area (Å²) in [5.41, 5.74) is -0.216. The molecule has 1 aromatic heterocycles. The largest absolute Gasteiger partial charge is 0.295 e. The number of benzene rings is 2. The van der Waals surface area contributed by atoms with Gasteiger partial charge in [0.2, 0.25) is 9.84 Å². The number of nitro groups is 1. The Hall–Kier alpha value is -2.51. The number of hydrogen-bond acceptors (Lipinski definition) is 5. The van der Waals surface area contributed by atoms with Crippen LogP contribution >= 0.6 is 11.6 Å². The topological polar surface area (TPSA) is 90.2 Å². The summed E-state index contributed by atoms with van der Waals surface area (Å²) in [6.07, 6.45) is 0. The summed E-state index contributed by atoms with van der Waals surface area (Å²) in [4.78, 5) is 14.5. The lowest BCUT2D eigenvalue weighted by atomic mass is 10.2. The predicted octanol–water partition coefficient (Wildman–Crippen LogP) is 3.63. The van der Waals surface area contributed by atoms with Crippen molar-refractivity contribution in [2.75, 3.05) is 0 Å². The molecule has 0 aliphatic rings. The maximum absolute atomic E-state index is 12.6. The van der Waals surface area contributed by atoms with Crippen LogP contribution in [0.2, 0.25) is 5.02 Å². The minimum absolute atomic E-state index is 0.0181. The van der Waals surface area contributed by atoms with Crippen LogP contribution in [0.15, 0.2) is 64.5 Å². The molecular formula is C15H9ClN2O4S. The van der Waals surface area contributed by atoms with Crippen LogP contribution in [0, 0.1) is 10.1 Å². The standard InChI is InChI=1S/C15H9ClN2O4S/c16-11-4-2-5-12(9-11)23(21,22)14-8-7-10-3-1-6-13(18(19)20)15(10)17-14/h1-9H. The van der Waals surface area contributed by atoms with Crippen LogP contribution in [-0.4, -0.2) is 18.3 Å². The maximum atomic E-state index is 12.6. The number of para-hydroxylation sites is 1. The lowest BCUT2D eigenvalue weighted by Gasteiger charge is -2.06. The second-order valence-corrected chi connectivity index (χ2v) is 7.05. The molecule has 2 aromatic carbocycles. The van der Waals surface area contributed by atoms with Gasteiger partial charge in [-0.2, -0.15) is 0 Å². The number of nitro benzene ring substituents is 1. The zero-order chi connectivity index (χ0) is 16.6. The molecule has 0 atom stereocenters. The lowest BCUT2D eigenvalue weighted by Crippen LogP contribution is -2.05. The van der Waals surface area contributed by atoms with Gasteiger partial charge in [0.15, 0.2) is 5.03 Å². The highest BCUT2D eigenvalue weighted by molar-refractivity contribution is 7.91. The monoisotopic (exact) mass is 348 g/mol. The third-order valence-corrected chi connectivity index (χ3v) is 5.14. The summed E-state index contributed by atoms with van der Waals surface area (Å²) in [5.74, 6) is 0. The van der Waals surface area contributed by atoms with E-state index in [4.69, 9.17) is 11.6 Å². The van der Waals surface area contributed by atoms with E-state index >= 15 is 0 Å². The van der Waals surface area contributed by atoms with Gasteiger partial charge in [0.1, 0.15) is 5.52 Å². The molecule has 116 valence electrons.